The van der Waals surface area contributed by atoms with Crippen molar-refractivity contribution in [2.24, 2.45) is 0 Å². The van der Waals surface area contributed by atoms with Gasteiger partial charge in [-0.2, -0.15) is 5.10 Å². The Labute approximate surface area is 171 Å². The van der Waals surface area contributed by atoms with E-state index in [9.17, 15) is 0 Å². The van der Waals surface area contributed by atoms with E-state index >= 15 is 0 Å². The highest BCUT2D eigenvalue weighted by atomic mass is 15.1. The number of aromatic amines is 2. The Balaban J connectivity index is 1.52. The van der Waals surface area contributed by atoms with Gasteiger partial charge in [0.05, 0.1) is 34.3 Å². The minimum absolute atomic E-state index is 0.867. The third-order valence-electron chi connectivity index (χ3n) is 5.27. The zero-order valence-corrected chi connectivity index (χ0v) is 15.9. The highest BCUT2D eigenvalue weighted by Gasteiger charge is 2.15. The zero-order valence-electron chi connectivity index (χ0n) is 15.9. The van der Waals surface area contributed by atoms with Crippen LogP contribution in [-0.4, -0.2) is 30.1 Å². The summed E-state index contributed by atoms with van der Waals surface area (Å²) in [6.45, 7) is 0. The van der Waals surface area contributed by atoms with Gasteiger partial charge in [0.15, 0.2) is 0 Å². The van der Waals surface area contributed by atoms with Crippen LogP contribution in [0.4, 0.5) is 0 Å². The molecule has 6 aromatic rings. The maximum Gasteiger partial charge on any atom is 0.116 e. The quantitative estimate of drug-likeness (QED) is 0.435. The van der Waals surface area contributed by atoms with E-state index in [-0.39, 0.29) is 0 Å². The van der Waals surface area contributed by atoms with Crippen molar-refractivity contribution < 1.29 is 0 Å². The van der Waals surface area contributed by atoms with E-state index < -0.39 is 0 Å². The summed E-state index contributed by atoms with van der Waals surface area (Å²) in [6.07, 6.45) is 7.28. The molecule has 0 aliphatic heterocycles. The molecule has 6 heteroatoms. The summed E-state index contributed by atoms with van der Waals surface area (Å²) >= 11 is 0. The first-order chi connectivity index (χ1) is 14.9. The van der Waals surface area contributed by atoms with Gasteiger partial charge < -0.3 is 4.98 Å². The topological polar surface area (TPSA) is 83.1 Å². The molecule has 0 fully saturated rings. The summed E-state index contributed by atoms with van der Waals surface area (Å²) in [5.41, 5.74) is 7.60. The van der Waals surface area contributed by atoms with Crippen LogP contribution >= 0.6 is 0 Å². The largest absolute Gasteiger partial charge is 0.352 e. The fourth-order valence-electron chi connectivity index (χ4n) is 3.82. The minimum Gasteiger partial charge on any atom is -0.352 e. The van der Waals surface area contributed by atoms with Crippen LogP contribution in [0.5, 0.6) is 0 Å². The Morgan fingerprint density at radius 1 is 0.700 bits per heavy atom. The van der Waals surface area contributed by atoms with Crippen molar-refractivity contribution in [3.63, 3.8) is 0 Å². The van der Waals surface area contributed by atoms with E-state index in [0.29, 0.717) is 0 Å². The molecule has 0 spiro atoms. The van der Waals surface area contributed by atoms with Crippen LogP contribution in [0.2, 0.25) is 0 Å². The fraction of sp³-hybridized carbons (Fsp3) is 0. The molecule has 0 bridgehead atoms. The molecular formula is C24H16N6. The van der Waals surface area contributed by atoms with Crippen molar-refractivity contribution in [3.8, 4) is 33.9 Å². The highest BCUT2D eigenvalue weighted by molar-refractivity contribution is 6.00. The van der Waals surface area contributed by atoms with Crippen molar-refractivity contribution in [2.45, 2.75) is 0 Å². The van der Waals surface area contributed by atoms with Gasteiger partial charge in [0, 0.05) is 40.5 Å². The van der Waals surface area contributed by atoms with Gasteiger partial charge in [-0.1, -0.05) is 18.2 Å². The molecule has 0 atom stereocenters. The second-order valence-corrected chi connectivity index (χ2v) is 7.09. The van der Waals surface area contributed by atoms with E-state index in [2.05, 4.69) is 48.3 Å². The molecule has 0 unspecified atom stereocenters. The Hall–Kier alpha value is -4.32. The number of pyridine rings is 3. The smallest absolute Gasteiger partial charge is 0.116 e. The van der Waals surface area contributed by atoms with Gasteiger partial charge in [0.2, 0.25) is 0 Å². The summed E-state index contributed by atoms with van der Waals surface area (Å²) in [6, 6.07) is 20.1. The second-order valence-electron chi connectivity index (χ2n) is 7.09. The molecule has 1 aromatic carbocycles. The van der Waals surface area contributed by atoms with Gasteiger partial charge in [-0.25, -0.2) is 0 Å². The molecule has 142 valence electrons. The number of hydrogen-bond acceptors (Lipinski definition) is 4. The molecular weight excluding hydrogens is 372 g/mol. The Morgan fingerprint density at radius 3 is 2.33 bits per heavy atom. The van der Waals surface area contributed by atoms with Crippen LogP contribution in [0.3, 0.4) is 0 Å². The van der Waals surface area contributed by atoms with E-state index in [1.165, 1.54) is 0 Å². The van der Waals surface area contributed by atoms with Crippen molar-refractivity contribution >= 4 is 21.8 Å². The van der Waals surface area contributed by atoms with Crippen LogP contribution in [-0.2, 0) is 0 Å². The number of nitrogens with one attached hydrogen (secondary N) is 2. The molecule has 0 saturated carbocycles. The van der Waals surface area contributed by atoms with E-state index in [1.54, 1.807) is 12.4 Å². The second kappa shape index (κ2) is 6.63. The summed E-state index contributed by atoms with van der Waals surface area (Å²) in [5.74, 6) is 0. The lowest BCUT2D eigenvalue weighted by atomic mass is 10.1. The lowest BCUT2D eigenvalue weighted by molar-refractivity contribution is 1.12. The summed E-state index contributed by atoms with van der Waals surface area (Å²) in [4.78, 5) is 16.8. The lowest BCUT2D eigenvalue weighted by Crippen LogP contribution is -1.84. The van der Waals surface area contributed by atoms with Gasteiger partial charge in [0.1, 0.15) is 5.69 Å². The Morgan fingerprint density at radius 2 is 1.53 bits per heavy atom. The summed E-state index contributed by atoms with van der Waals surface area (Å²) < 4.78 is 0. The third-order valence-corrected chi connectivity index (χ3v) is 5.27. The number of hydrogen-bond donors (Lipinski definition) is 2. The van der Waals surface area contributed by atoms with Crippen molar-refractivity contribution in [2.75, 3.05) is 0 Å². The number of aromatic nitrogens is 6. The Bertz CT molecular complexity index is 1480. The van der Waals surface area contributed by atoms with Crippen LogP contribution in [0.1, 0.15) is 0 Å². The molecule has 5 aromatic heterocycles. The summed E-state index contributed by atoms with van der Waals surface area (Å²) in [5, 5.41) is 9.83. The maximum atomic E-state index is 4.59. The van der Waals surface area contributed by atoms with Crippen LogP contribution in [0, 0.1) is 0 Å². The molecule has 30 heavy (non-hydrogen) atoms. The van der Waals surface area contributed by atoms with E-state index in [4.69, 9.17) is 0 Å². The monoisotopic (exact) mass is 388 g/mol. The first kappa shape index (κ1) is 16.6. The number of nitrogens with zero attached hydrogens (tertiary/aromatic N) is 4. The first-order valence-corrected chi connectivity index (χ1v) is 9.65. The number of rotatable bonds is 3. The first-order valence-electron chi connectivity index (χ1n) is 9.65. The number of benzene rings is 1. The van der Waals surface area contributed by atoms with Crippen molar-refractivity contribution in [1.29, 1.82) is 0 Å². The van der Waals surface area contributed by atoms with Crippen molar-refractivity contribution in [3.05, 3.63) is 85.5 Å². The normalized spacial score (nSPS) is 11.3. The number of fused-ring (bicyclic) bond motifs is 2. The third kappa shape index (κ3) is 2.66. The van der Waals surface area contributed by atoms with Crippen LogP contribution in [0.25, 0.3) is 55.7 Å². The van der Waals surface area contributed by atoms with Crippen LogP contribution < -0.4 is 0 Å². The predicted molar refractivity (Wildman–Crippen MR) is 118 cm³/mol. The minimum atomic E-state index is 0.867. The fourth-order valence-corrected chi connectivity index (χ4v) is 3.82. The maximum absolute atomic E-state index is 4.59. The summed E-state index contributed by atoms with van der Waals surface area (Å²) in [7, 11) is 0. The average molecular weight is 388 g/mol. The highest BCUT2D eigenvalue weighted by Crippen LogP contribution is 2.34. The van der Waals surface area contributed by atoms with Gasteiger partial charge in [-0.3, -0.25) is 20.1 Å². The standard InChI is InChI=1S/C24H16N6/c1-3-9-26-19(5-1)15-7-8-21-17(11-15)24(30-29-21)22-12-16-18(13-25-14-23(16)28-22)20-6-2-4-10-27-20/h1-14,28H,(H,29,30). The predicted octanol–water partition coefficient (Wildman–Crippen LogP) is 5.23. The lowest BCUT2D eigenvalue weighted by Gasteiger charge is -2.01. The van der Waals surface area contributed by atoms with Crippen LogP contribution in [0.15, 0.2) is 85.5 Å². The van der Waals surface area contributed by atoms with E-state index in [0.717, 1.165) is 55.7 Å². The molecule has 0 amide bonds. The van der Waals surface area contributed by atoms with Gasteiger partial charge >= 0.3 is 0 Å². The van der Waals surface area contributed by atoms with Gasteiger partial charge in [-0.05, 0) is 42.5 Å². The molecule has 0 saturated heterocycles. The zero-order chi connectivity index (χ0) is 19.9. The number of H-pyrrole nitrogens is 2. The van der Waals surface area contributed by atoms with Gasteiger partial charge in [0.25, 0.3) is 0 Å². The molecule has 6 rings (SSSR count). The molecule has 6 nitrogen and oxygen atoms in total. The molecule has 0 aliphatic rings. The molecule has 5 heterocycles. The van der Waals surface area contributed by atoms with E-state index in [1.807, 2.05) is 54.9 Å². The molecule has 2 N–H and O–H groups in total. The SMILES string of the molecule is c1ccc(-c2ccc3[nH]nc(-c4cc5c(-c6ccccn6)cncc5[nH]4)c3c2)nc1. The Kier molecular flexibility index (Phi) is 3.67. The molecule has 0 aliphatic carbocycles. The van der Waals surface area contributed by atoms with Crippen molar-refractivity contribution in [1.82, 2.24) is 30.1 Å². The molecule has 0 radical (unpaired) electrons. The van der Waals surface area contributed by atoms with Gasteiger partial charge in [-0.15, -0.1) is 0 Å². The average Bonchev–Trinajstić information content (AvgIpc) is 3.43.